The van der Waals surface area contributed by atoms with Crippen LogP contribution in [0.15, 0.2) is 0 Å². The number of hydrogen-bond donors (Lipinski definition) is 0. The largest absolute Gasteiger partial charge is 2.00 e. The molecule has 0 N–H and O–H groups in total. The van der Waals surface area contributed by atoms with Crippen LogP contribution < -0.4 is 0 Å². The van der Waals surface area contributed by atoms with Crippen LogP contribution in [0.1, 0.15) is 68.0 Å². The van der Waals surface area contributed by atoms with Crippen molar-refractivity contribution in [3.8, 4) is 0 Å². The summed E-state index contributed by atoms with van der Waals surface area (Å²) in [7, 11) is -10.7. The zero-order chi connectivity index (χ0) is 23.8. The Bertz CT molecular complexity index is 566. The molecule has 0 amide bonds. The molecule has 0 nitrogen and oxygen atoms in total. The second-order valence-corrected chi connectivity index (χ2v) is 9.75. The van der Waals surface area contributed by atoms with Gasteiger partial charge in [0.25, 0.3) is 0 Å². The Morgan fingerprint density at radius 3 is 0.467 bits per heavy atom. The quantitative estimate of drug-likeness (QED) is 0.174. The second-order valence-electron chi connectivity index (χ2n) is 7.83. The van der Waals surface area contributed by atoms with Gasteiger partial charge < -0.3 is 0 Å². The van der Waals surface area contributed by atoms with E-state index in [0.717, 1.165) is 0 Å². The topological polar surface area (TPSA) is 0 Å². The second kappa shape index (κ2) is 9.78. The predicted molar refractivity (Wildman–Crippen MR) is 113 cm³/mol. The average Bonchev–Trinajstić information content (AvgIpc) is 2.72. The van der Waals surface area contributed by atoms with Crippen LogP contribution >= 0.6 is 7.81 Å². The Labute approximate surface area is 191 Å². The van der Waals surface area contributed by atoms with E-state index in [-0.39, 0.29) is 19.5 Å². The molecular weight excluding hydrogens is 510 g/mol. The molecule has 1 fully saturated rings. The van der Waals surface area contributed by atoms with Crippen molar-refractivity contribution in [2.75, 3.05) is 0 Å². The summed E-state index contributed by atoms with van der Waals surface area (Å²) in [5.41, 5.74) is 8.73. The first-order valence-electron chi connectivity index (χ1n) is 9.26. The van der Waals surface area contributed by atoms with E-state index in [2.05, 4.69) is 76.2 Å². The molecule has 8 heteroatoms. The van der Waals surface area contributed by atoms with Crippen molar-refractivity contribution in [1.29, 1.82) is 0 Å². The smallest absolute Gasteiger partial charge is 2.00 e. The molecule has 1 aliphatic carbocycles. The molecule has 0 aliphatic heterocycles. The first kappa shape index (κ1) is 32.0. The van der Waals surface area contributed by atoms with Gasteiger partial charge >= 0.3 is 52.5 Å². The van der Waals surface area contributed by atoms with Gasteiger partial charge in [-0.15, -0.1) is 0 Å². The van der Waals surface area contributed by atoms with Crippen molar-refractivity contribution < 1.29 is 44.7 Å². The van der Waals surface area contributed by atoms with Crippen molar-refractivity contribution in [3.63, 3.8) is 0 Å². The summed E-state index contributed by atoms with van der Waals surface area (Å²) >= 11 is 0. The molecule has 175 valence electrons. The molecule has 1 aromatic rings. The molecule has 30 heavy (non-hydrogen) atoms. The standard InChI is InChI=1S/C12H18.C10H15.F6P.Ru/c1-7-8(2)10(4)12(6)11(5)9(7)3;1-6-7(2)9(4)10(5)8(6)3;1-7(2,3,4,5)6;/h1-6H3;1-5H3;;/q;;-1;+2. The molecule has 5 radical (unpaired) electrons. The van der Waals surface area contributed by atoms with E-state index < -0.39 is 7.81 Å². The van der Waals surface area contributed by atoms with E-state index in [1.165, 1.54) is 63.0 Å². The van der Waals surface area contributed by atoms with Gasteiger partial charge in [-0.1, -0.05) is 34.6 Å². The minimum Gasteiger partial charge on any atom is 2.00 e. The number of rotatable bonds is 0. The molecule has 0 spiro atoms. The Kier molecular flexibility index (Phi) is 10.4. The van der Waals surface area contributed by atoms with Crippen molar-refractivity contribution in [1.82, 2.24) is 0 Å². The van der Waals surface area contributed by atoms with Crippen LogP contribution in [0.3, 0.4) is 0 Å². The van der Waals surface area contributed by atoms with E-state index in [1.807, 2.05) is 0 Å². The average molecular weight is 544 g/mol. The van der Waals surface area contributed by atoms with Gasteiger partial charge in [-0.25, -0.2) is 0 Å². The summed E-state index contributed by atoms with van der Waals surface area (Å²) in [6, 6.07) is 0. The maximum Gasteiger partial charge on any atom is 2.00 e. The van der Waals surface area contributed by atoms with E-state index in [4.69, 9.17) is 0 Å². The van der Waals surface area contributed by atoms with Gasteiger partial charge in [0.05, 0.1) is 0 Å². The zero-order valence-electron chi connectivity index (χ0n) is 19.6. The van der Waals surface area contributed by atoms with Gasteiger partial charge in [-0.2, -0.15) is 0 Å². The Balaban J connectivity index is 0. The minimum atomic E-state index is -10.7. The van der Waals surface area contributed by atoms with Crippen LogP contribution in [0.5, 0.6) is 0 Å². The molecule has 0 saturated heterocycles. The van der Waals surface area contributed by atoms with E-state index in [9.17, 15) is 25.2 Å². The van der Waals surface area contributed by atoms with Crippen molar-refractivity contribution in [3.05, 3.63) is 63.0 Å². The SMILES string of the molecule is C[C]1[C](C)[C](C)[C](C)[C]1C.Cc1c(C)c(C)c(C)c(C)c1C.F[P-](F)(F)(F)(F)F.[Ru+2]. The van der Waals surface area contributed by atoms with Gasteiger partial charge in [-0.05, 0) is 105 Å². The Morgan fingerprint density at radius 1 is 0.333 bits per heavy atom. The third-order valence-corrected chi connectivity index (χ3v) is 6.19. The molecular formula is C22H33F6PRu+. The van der Waals surface area contributed by atoms with Gasteiger partial charge in [-0.3, -0.25) is 0 Å². The summed E-state index contributed by atoms with van der Waals surface area (Å²) in [6.07, 6.45) is 0. The van der Waals surface area contributed by atoms with Crippen LogP contribution in [0.25, 0.3) is 0 Å². The minimum absolute atomic E-state index is 0. The van der Waals surface area contributed by atoms with Gasteiger partial charge in [0.2, 0.25) is 0 Å². The molecule has 0 atom stereocenters. The van der Waals surface area contributed by atoms with Crippen LogP contribution in [0.4, 0.5) is 25.2 Å². The fourth-order valence-corrected chi connectivity index (χ4v) is 3.09. The number of halogens is 6. The van der Waals surface area contributed by atoms with Crippen molar-refractivity contribution in [2.24, 2.45) is 0 Å². The molecule has 2 rings (SSSR count). The third-order valence-electron chi connectivity index (χ3n) is 6.19. The molecule has 1 aromatic carbocycles. The van der Waals surface area contributed by atoms with E-state index >= 15 is 0 Å². The summed E-state index contributed by atoms with van der Waals surface area (Å²) in [6.45, 7) is 24.3. The number of hydrogen-bond acceptors (Lipinski definition) is 0. The van der Waals surface area contributed by atoms with Crippen LogP contribution in [-0.4, -0.2) is 0 Å². The summed E-state index contributed by atoms with van der Waals surface area (Å²) in [4.78, 5) is 0. The molecule has 0 aromatic heterocycles. The van der Waals surface area contributed by atoms with Gasteiger partial charge in [0.1, 0.15) is 0 Å². The molecule has 1 aliphatic rings. The summed E-state index contributed by atoms with van der Waals surface area (Å²) in [5, 5.41) is 0. The molecule has 0 unspecified atom stereocenters. The van der Waals surface area contributed by atoms with Crippen LogP contribution in [0, 0.1) is 71.1 Å². The van der Waals surface area contributed by atoms with Gasteiger partial charge in [0, 0.05) is 0 Å². The van der Waals surface area contributed by atoms with Gasteiger partial charge in [0.15, 0.2) is 0 Å². The zero-order valence-corrected chi connectivity index (χ0v) is 22.2. The number of benzene rings is 1. The monoisotopic (exact) mass is 544 g/mol. The van der Waals surface area contributed by atoms with Crippen molar-refractivity contribution >= 4 is 7.81 Å². The first-order chi connectivity index (χ1) is 12.5. The maximum atomic E-state index is 9.87. The third kappa shape index (κ3) is 10.4. The summed E-state index contributed by atoms with van der Waals surface area (Å²) in [5.74, 6) is 7.34. The molecule has 0 bridgehead atoms. The summed E-state index contributed by atoms with van der Waals surface area (Å²) < 4.78 is 59.2. The fraction of sp³-hybridized carbons (Fsp3) is 0.500. The van der Waals surface area contributed by atoms with Crippen molar-refractivity contribution in [2.45, 2.75) is 76.2 Å². The first-order valence-corrected chi connectivity index (χ1v) is 11.3. The van der Waals surface area contributed by atoms with E-state index in [0.29, 0.717) is 0 Å². The molecule has 0 heterocycles. The Hall–Kier alpha value is -0.147. The van der Waals surface area contributed by atoms with Crippen LogP contribution in [0.2, 0.25) is 0 Å². The molecule has 1 saturated carbocycles. The maximum absolute atomic E-state index is 10.7. The van der Waals surface area contributed by atoms with Crippen LogP contribution in [-0.2, 0) is 19.5 Å². The Morgan fingerprint density at radius 2 is 0.400 bits per heavy atom. The van der Waals surface area contributed by atoms with E-state index in [1.54, 1.807) is 0 Å². The normalized spacial score (nSPS) is 19.1. The predicted octanol–water partition coefficient (Wildman–Crippen LogP) is 9.89. The fourth-order valence-electron chi connectivity index (χ4n) is 3.09.